The standard InChI is InChI=1S/C12H14N2O6/c13-9(5-6-10(15)16)12(18)20-11(17)7-1-3-8(14-19)4-2-7/h1-4,9,14,19H,5-6,13H2,(H,15,16)/t9-/m0/s1. The summed E-state index contributed by atoms with van der Waals surface area (Å²) in [6.45, 7) is 0. The first-order valence-corrected chi connectivity index (χ1v) is 5.67. The van der Waals surface area contributed by atoms with E-state index in [1.807, 2.05) is 5.48 Å². The number of benzene rings is 1. The molecule has 1 rings (SSSR count). The van der Waals surface area contributed by atoms with Gasteiger partial charge in [-0.2, -0.15) is 0 Å². The fourth-order valence-electron chi connectivity index (χ4n) is 1.30. The highest BCUT2D eigenvalue weighted by atomic mass is 16.6. The Morgan fingerprint density at radius 1 is 1.25 bits per heavy atom. The Labute approximate surface area is 114 Å². The summed E-state index contributed by atoms with van der Waals surface area (Å²) in [4.78, 5) is 33.4. The molecule has 0 radical (unpaired) electrons. The zero-order chi connectivity index (χ0) is 15.1. The Kier molecular flexibility index (Phi) is 5.63. The summed E-state index contributed by atoms with van der Waals surface area (Å²) >= 11 is 0. The molecule has 0 heterocycles. The molecule has 0 unspecified atom stereocenters. The third kappa shape index (κ3) is 4.67. The van der Waals surface area contributed by atoms with Crippen molar-refractivity contribution in [1.29, 1.82) is 0 Å². The molecule has 5 N–H and O–H groups in total. The summed E-state index contributed by atoms with van der Waals surface area (Å²) in [5, 5.41) is 17.1. The molecule has 20 heavy (non-hydrogen) atoms. The lowest BCUT2D eigenvalue weighted by Crippen LogP contribution is -2.34. The van der Waals surface area contributed by atoms with Crippen molar-refractivity contribution in [3.05, 3.63) is 29.8 Å². The van der Waals surface area contributed by atoms with E-state index in [4.69, 9.17) is 16.0 Å². The van der Waals surface area contributed by atoms with Gasteiger partial charge in [-0.05, 0) is 30.7 Å². The highest BCUT2D eigenvalue weighted by molar-refractivity contribution is 5.98. The molecule has 0 aliphatic carbocycles. The van der Waals surface area contributed by atoms with Crippen LogP contribution >= 0.6 is 0 Å². The van der Waals surface area contributed by atoms with Crippen LogP contribution in [0.25, 0.3) is 0 Å². The van der Waals surface area contributed by atoms with Crippen LogP contribution in [0.1, 0.15) is 23.2 Å². The van der Waals surface area contributed by atoms with Crippen LogP contribution in [0.4, 0.5) is 5.69 Å². The van der Waals surface area contributed by atoms with Crippen LogP contribution in [0.3, 0.4) is 0 Å². The van der Waals surface area contributed by atoms with Crippen molar-refractivity contribution < 1.29 is 29.4 Å². The minimum absolute atomic E-state index is 0.0998. The number of hydrogen-bond donors (Lipinski definition) is 4. The van der Waals surface area contributed by atoms with Gasteiger partial charge in [0.1, 0.15) is 6.04 Å². The number of carboxylic acids is 1. The van der Waals surface area contributed by atoms with Gasteiger partial charge in [0.15, 0.2) is 0 Å². The predicted octanol–water partition coefficient (Wildman–Crippen LogP) is 0.363. The summed E-state index contributed by atoms with van der Waals surface area (Å²) in [5.41, 5.74) is 7.76. The van der Waals surface area contributed by atoms with Gasteiger partial charge in [-0.15, -0.1) is 0 Å². The van der Waals surface area contributed by atoms with E-state index >= 15 is 0 Å². The maximum absolute atomic E-state index is 11.6. The number of carbonyl (C=O) groups is 3. The predicted molar refractivity (Wildman–Crippen MR) is 67.1 cm³/mol. The van der Waals surface area contributed by atoms with Gasteiger partial charge in [-0.3, -0.25) is 15.5 Å². The van der Waals surface area contributed by atoms with Gasteiger partial charge in [0.05, 0.1) is 11.3 Å². The number of nitrogens with two attached hydrogens (primary N) is 1. The maximum Gasteiger partial charge on any atom is 0.345 e. The van der Waals surface area contributed by atoms with Gasteiger partial charge in [0.25, 0.3) is 0 Å². The van der Waals surface area contributed by atoms with Crippen LogP contribution in [-0.2, 0) is 14.3 Å². The highest BCUT2D eigenvalue weighted by Crippen LogP contribution is 2.10. The summed E-state index contributed by atoms with van der Waals surface area (Å²) in [6, 6.07) is 4.33. The maximum atomic E-state index is 11.6. The van der Waals surface area contributed by atoms with Crippen molar-refractivity contribution in [2.24, 2.45) is 5.73 Å². The third-order valence-corrected chi connectivity index (χ3v) is 2.41. The van der Waals surface area contributed by atoms with Crippen molar-refractivity contribution >= 4 is 23.6 Å². The van der Waals surface area contributed by atoms with E-state index in [1.54, 1.807) is 0 Å². The smallest absolute Gasteiger partial charge is 0.345 e. The second-order valence-electron chi connectivity index (χ2n) is 3.94. The Morgan fingerprint density at radius 3 is 2.35 bits per heavy atom. The van der Waals surface area contributed by atoms with Crippen molar-refractivity contribution in [2.75, 3.05) is 5.48 Å². The first-order valence-electron chi connectivity index (χ1n) is 5.67. The molecule has 1 atom stereocenters. The minimum atomic E-state index is -1.17. The number of hydrogen-bond acceptors (Lipinski definition) is 7. The second kappa shape index (κ2) is 7.22. The number of ether oxygens (including phenoxy) is 1. The molecule has 0 aliphatic heterocycles. The Bertz CT molecular complexity index is 499. The fourth-order valence-corrected chi connectivity index (χ4v) is 1.30. The van der Waals surface area contributed by atoms with Crippen LogP contribution in [0.15, 0.2) is 24.3 Å². The van der Waals surface area contributed by atoms with Crippen molar-refractivity contribution in [3.63, 3.8) is 0 Å². The number of aliphatic carboxylic acids is 1. The van der Waals surface area contributed by atoms with Gasteiger partial charge < -0.3 is 15.6 Å². The Hall–Kier alpha value is -2.45. The van der Waals surface area contributed by atoms with E-state index in [-0.39, 0.29) is 18.4 Å². The molecule has 0 aromatic heterocycles. The molecule has 0 bridgehead atoms. The van der Waals surface area contributed by atoms with Crippen LogP contribution in [0.5, 0.6) is 0 Å². The SMILES string of the molecule is N[C@@H](CCC(=O)O)C(=O)OC(=O)c1ccc(NO)cc1. The van der Waals surface area contributed by atoms with Crippen molar-refractivity contribution in [3.8, 4) is 0 Å². The summed E-state index contributed by atoms with van der Waals surface area (Å²) in [7, 11) is 0. The van der Waals surface area contributed by atoms with Gasteiger partial charge in [0, 0.05) is 6.42 Å². The zero-order valence-corrected chi connectivity index (χ0v) is 10.4. The first-order chi connectivity index (χ1) is 9.43. The van der Waals surface area contributed by atoms with Crippen LogP contribution in [0.2, 0.25) is 0 Å². The normalized spacial score (nSPS) is 11.5. The topological polar surface area (TPSA) is 139 Å². The van der Waals surface area contributed by atoms with Gasteiger partial charge in [-0.25, -0.2) is 9.59 Å². The fraction of sp³-hybridized carbons (Fsp3) is 0.250. The molecular weight excluding hydrogens is 268 g/mol. The van der Waals surface area contributed by atoms with E-state index < -0.39 is 23.9 Å². The molecule has 0 amide bonds. The molecule has 1 aromatic rings. The molecular formula is C12H14N2O6. The van der Waals surface area contributed by atoms with Crippen LogP contribution in [-0.4, -0.2) is 34.3 Å². The lowest BCUT2D eigenvalue weighted by atomic mass is 10.1. The first kappa shape index (κ1) is 15.6. The van der Waals surface area contributed by atoms with Crippen molar-refractivity contribution in [1.82, 2.24) is 0 Å². The zero-order valence-electron chi connectivity index (χ0n) is 10.4. The minimum Gasteiger partial charge on any atom is -0.481 e. The average molecular weight is 282 g/mol. The van der Waals surface area contributed by atoms with E-state index in [0.29, 0.717) is 5.69 Å². The van der Waals surface area contributed by atoms with E-state index in [9.17, 15) is 14.4 Å². The van der Waals surface area contributed by atoms with E-state index in [2.05, 4.69) is 4.74 Å². The number of carbonyl (C=O) groups excluding carboxylic acids is 2. The molecule has 0 spiro atoms. The monoisotopic (exact) mass is 282 g/mol. The van der Waals surface area contributed by atoms with Crippen molar-refractivity contribution in [2.45, 2.75) is 18.9 Å². The summed E-state index contributed by atoms with van der Waals surface area (Å²) in [5.74, 6) is -2.97. The highest BCUT2D eigenvalue weighted by Gasteiger charge is 2.20. The second-order valence-corrected chi connectivity index (χ2v) is 3.94. The molecule has 108 valence electrons. The number of rotatable bonds is 6. The largest absolute Gasteiger partial charge is 0.481 e. The molecule has 0 saturated carbocycles. The number of esters is 2. The Balaban J connectivity index is 2.55. The van der Waals surface area contributed by atoms with Gasteiger partial charge in [-0.1, -0.05) is 0 Å². The van der Waals surface area contributed by atoms with Crippen LogP contribution in [0, 0.1) is 0 Å². The van der Waals surface area contributed by atoms with Crippen LogP contribution < -0.4 is 11.2 Å². The third-order valence-electron chi connectivity index (χ3n) is 2.41. The average Bonchev–Trinajstić information content (AvgIpc) is 2.44. The number of nitrogens with one attached hydrogen (secondary N) is 1. The van der Waals surface area contributed by atoms with E-state index in [0.717, 1.165) is 0 Å². The molecule has 8 heteroatoms. The molecule has 0 saturated heterocycles. The van der Waals surface area contributed by atoms with Gasteiger partial charge >= 0.3 is 17.9 Å². The molecule has 0 aliphatic rings. The molecule has 8 nitrogen and oxygen atoms in total. The number of carboxylic acid groups (broad SMARTS) is 1. The molecule has 1 aromatic carbocycles. The van der Waals surface area contributed by atoms with Gasteiger partial charge in [0.2, 0.25) is 0 Å². The Morgan fingerprint density at radius 2 is 1.85 bits per heavy atom. The number of anilines is 1. The van der Waals surface area contributed by atoms with E-state index in [1.165, 1.54) is 24.3 Å². The summed E-state index contributed by atoms with van der Waals surface area (Å²) in [6.07, 6.45) is -0.407. The quantitative estimate of drug-likeness (QED) is 0.333. The lowest BCUT2D eigenvalue weighted by molar-refractivity contribution is -0.140. The lowest BCUT2D eigenvalue weighted by Gasteiger charge is -2.09. The molecule has 0 fully saturated rings. The summed E-state index contributed by atoms with van der Waals surface area (Å²) < 4.78 is 4.53.